The normalized spacial score (nSPS) is 15.5. The zero-order valence-corrected chi connectivity index (χ0v) is 24.6. The van der Waals surface area contributed by atoms with Crippen molar-refractivity contribution in [3.05, 3.63) is 94.8 Å². The average molecular weight is 627 g/mol. The van der Waals surface area contributed by atoms with Crippen molar-refractivity contribution < 1.29 is 41.8 Å². The molecule has 2 unspecified atom stereocenters. The summed E-state index contributed by atoms with van der Waals surface area (Å²) in [6.07, 6.45) is -0.320. The van der Waals surface area contributed by atoms with Gasteiger partial charge >= 0.3 is 12.2 Å². The van der Waals surface area contributed by atoms with Gasteiger partial charge in [0, 0.05) is 31.5 Å². The lowest BCUT2D eigenvalue weighted by Gasteiger charge is -2.38. The van der Waals surface area contributed by atoms with Gasteiger partial charge in [-0.2, -0.15) is 0 Å². The topological polar surface area (TPSA) is 112 Å². The smallest absolute Gasteiger partial charge is 0.410 e. The third-order valence-electron chi connectivity index (χ3n) is 6.76. The van der Waals surface area contributed by atoms with Crippen LogP contribution < -0.4 is 5.32 Å². The molecule has 1 aromatic heterocycles. The van der Waals surface area contributed by atoms with E-state index >= 15 is 0 Å². The number of nitrogens with zero attached hydrogens (tertiary/aromatic N) is 3. The molecule has 0 radical (unpaired) electrons. The van der Waals surface area contributed by atoms with Crippen molar-refractivity contribution in [1.29, 1.82) is 0 Å². The second kappa shape index (κ2) is 13.7. The number of halogens is 4. The van der Waals surface area contributed by atoms with Crippen LogP contribution in [-0.4, -0.2) is 69.3 Å². The molecule has 2 aromatic carbocycles. The number of carboxylic acid groups (broad SMARTS) is 1. The minimum Gasteiger partial charge on any atom is -0.465 e. The first-order valence-corrected chi connectivity index (χ1v) is 13.8. The molecule has 9 nitrogen and oxygen atoms in total. The van der Waals surface area contributed by atoms with Gasteiger partial charge in [-0.3, -0.25) is 14.7 Å². The molecule has 1 aliphatic heterocycles. The number of rotatable bonds is 5. The Kier molecular flexibility index (Phi) is 9.96. The van der Waals surface area contributed by atoms with E-state index in [1.807, 2.05) is 0 Å². The Morgan fingerprint density at radius 1 is 1.00 bits per heavy atom. The molecule has 1 saturated heterocycles. The lowest BCUT2D eigenvalue weighted by molar-refractivity contribution is -0.116. The van der Waals surface area contributed by atoms with Crippen LogP contribution in [0.25, 0.3) is 0 Å². The summed E-state index contributed by atoms with van der Waals surface area (Å²) in [6, 6.07) is 6.81. The Morgan fingerprint density at radius 2 is 1.67 bits per heavy atom. The van der Waals surface area contributed by atoms with E-state index in [1.54, 1.807) is 20.8 Å². The van der Waals surface area contributed by atoms with Crippen LogP contribution in [0.5, 0.6) is 0 Å². The van der Waals surface area contributed by atoms with Gasteiger partial charge < -0.3 is 20.1 Å². The number of nitrogens with one attached hydrogen (secondary N) is 1. The second-order valence-corrected chi connectivity index (χ2v) is 11.3. The third-order valence-corrected chi connectivity index (χ3v) is 6.76. The number of benzene rings is 2. The molecule has 0 spiro atoms. The van der Waals surface area contributed by atoms with E-state index in [9.17, 15) is 37.1 Å². The summed E-state index contributed by atoms with van der Waals surface area (Å²) in [5, 5.41) is 12.2. The zero-order chi connectivity index (χ0) is 32.9. The van der Waals surface area contributed by atoms with Crippen molar-refractivity contribution >= 4 is 23.8 Å². The number of piperazine rings is 1. The predicted molar refractivity (Wildman–Crippen MR) is 155 cm³/mol. The van der Waals surface area contributed by atoms with Crippen LogP contribution in [0.3, 0.4) is 0 Å². The maximum Gasteiger partial charge on any atom is 0.410 e. The quantitative estimate of drug-likeness (QED) is 0.276. The Hall–Kier alpha value is -5.12. The van der Waals surface area contributed by atoms with Crippen molar-refractivity contribution in [1.82, 2.24) is 14.8 Å². The minimum atomic E-state index is -1.29. The number of pyridine rings is 1. The summed E-state index contributed by atoms with van der Waals surface area (Å²) in [5.41, 5.74) is -0.707. The fraction of sp³-hybridized carbons (Fsp3) is 0.312. The van der Waals surface area contributed by atoms with E-state index < -0.39 is 58.9 Å². The van der Waals surface area contributed by atoms with E-state index in [1.165, 1.54) is 17.0 Å². The monoisotopic (exact) mass is 626 g/mol. The van der Waals surface area contributed by atoms with E-state index in [-0.39, 0.29) is 42.9 Å². The van der Waals surface area contributed by atoms with E-state index in [0.717, 1.165) is 41.6 Å². The number of carbonyl (C=O) groups excluding carboxylic acids is 2. The maximum absolute atomic E-state index is 15.0. The van der Waals surface area contributed by atoms with Crippen molar-refractivity contribution in [2.24, 2.45) is 0 Å². The predicted octanol–water partition coefficient (Wildman–Crippen LogP) is 5.75. The van der Waals surface area contributed by atoms with Gasteiger partial charge in [0.25, 0.3) is 0 Å². The standard InChI is InChI=1S/C32H30F4N4O5/c1-32(2,3)45-31(44)39-10-11-40(30(42)43)24(18-39)8-9-25-27(36)16-37-17-28(25)38-29(41)15-26(19-4-6-21(33)7-5-19)20-12-22(34)14-23(35)13-20/h4-7,12-14,16-17,24,26H,10-11,15,18H2,1-3H3,(H,38,41)(H,42,43). The molecular formula is C32H30F4N4O5. The summed E-state index contributed by atoms with van der Waals surface area (Å²) in [4.78, 5) is 43.8. The Labute approximate surface area is 256 Å². The molecule has 0 saturated carbocycles. The number of amides is 3. The van der Waals surface area contributed by atoms with E-state index in [0.29, 0.717) is 11.6 Å². The summed E-state index contributed by atoms with van der Waals surface area (Å²) in [5.74, 6) is 0.469. The van der Waals surface area contributed by atoms with Gasteiger partial charge in [-0.05, 0) is 56.2 Å². The number of aromatic nitrogens is 1. The third kappa shape index (κ3) is 8.72. The molecule has 1 fully saturated rings. The van der Waals surface area contributed by atoms with Crippen LogP contribution in [0.4, 0.5) is 32.8 Å². The van der Waals surface area contributed by atoms with Crippen LogP contribution in [-0.2, 0) is 9.53 Å². The highest BCUT2D eigenvalue weighted by molar-refractivity contribution is 5.93. The molecule has 45 heavy (non-hydrogen) atoms. The van der Waals surface area contributed by atoms with Crippen molar-refractivity contribution in [3.63, 3.8) is 0 Å². The lowest BCUT2D eigenvalue weighted by atomic mass is 9.88. The summed E-state index contributed by atoms with van der Waals surface area (Å²) in [7, 11) is 0. The van der Waals surface area contributed by atoms with Gasteiger partial charge in [-0.1, -0.05) is 24.0 Å². The first kappa shape index (κ1) is 32.8. The SMILES string of the molecule is CC(C)(C)OC(=O)N1CCN(C(=O)O)C(C#Cc2c(F)cncc2NC(=O)CC(c2ccc(F)cc2)c2cc(F)cc(F)c2)C1. The highest BCUT2D eigenvalue weighted by atomic mass is 19.1. The van der Waals surface area contributed by atoms with Crippen LogP contribution in [0, 0.1) is 35.1 Å². The number of hydrogen-bond acceptors (Lipinski definition) is 5. The molecule has 3 amide bonds. The maximum atomic E-state index is 15.0. The van der Waals surface area contributed by atoms with E-state index in [2.05, 4.69) is 22.1 Å². The fourth-order valence-corrected chi connectivity index (χ4v) is 4.73. The summed E-state index contributed by atoms with van der Waals surface area (Å²) in [6.45, 7) is 4.92. The van der Waals surface area contributed by atoms with Crippen molar-refractivity contribution in [3.8, 4) is 11.8 Å². The number of carbonyl (C=O) groups is 3. The molecule has 0 aliphatic carbocycles. The van der Waals surface area contributed by atoms with Crippen LogP contribution in [0.15, 0.2) is 54.9 Å². The van der Waals surface area contributed by atoms with Crippen molar-refractivity contribution in [2.75, 3.05) is 25.0 Å². The average Bonchev–Trinajstić information content (AvgIpc) is 2.94. The summed E-state index contributed by atoms with van der Waals surface area (Å²) < 4.78 is 62.1. The molecule has 2 N–H and O–H groups in total. The van der Waals surface area contributed by atoms with Gasteiger partial charge in [-0.15, -0.1) is 0 Å². The largest absolute Gasteiger partial charge is 0.465 e. The number of anilines is 1. The zero-order valence-electron chi connectivity index (χ0n) is 24.6. The van der Waals surface area contributed by atoms with Crippen LogP contribution in [0.2, 0.25) is 0 Å². The van der Waals surface area contributed by atoms with Gasteiger partial charge in [0.05, 0.1) is 30.2 Å². The van der Waals surface area contributed by atoms with Gasteiger partial charge in [0.2, 0.25) is 5.91 Å². The molecule has 4 rings (SSSR count). The lowest BCUT2D eigenvalue weighted by Crippen LogP contribution is -2.56. The van der Waals surface area contributed by atoms with Crippen LogP contribution >= 0.6 is 0 Å². The highest BCUT2D eigenvalue weighted by Crippen LogP contribution is 2.30. The minimum absolute atomic E-state index is 0.0642. The van der Waals surface area contributed by atoms with Crippen LogP contribution in [0.1, 0.15) is 49.8 Å². The molecule has 0 bridgehead atoms. The molecule has 2 heterocycles. The molecule has 3 aromatic rings. The molecule has 236 valence electrons. The Morgan fingerprint density at radius 3 is 2.29 bits per heavy atom. The first-order valence-electron chi connectivity index (χ1n) is 13.8. The Balaban J connectivity index is 1.60. The number of ether oxygens (including phenoxy) is 1. The fourth-order valence-electron chi connectivity index (χ4n) is 4.73. The van der Waals surface area contributed by atoms with Gasteiger partial charge in [-0.25, -0.2) is 27.2 Å². The molecule has 1 aliphatic rings. The second-order valence-electron chi connectivity index (χ2n) is 11.3. The highest BCUT2D eigenvalue weighted by Gasteiger charge is 2.33. The molecule has 2 atom stereocenters. The Bertz CT molecular complexity index is 1630. The molecule has 13 heteroatoms. The summed E-state index contributed by atoms with van der Waals surface area (Å²) >= 11 is 0. The van der Waals surface area contributed by atoms with Gasteiger partial charge in [0.1, 0.15) is 29.1 Å². The van der Waals surface area contributed by atoms with Gasteiger partial charge in [0.15, 0.2) is 5.82 Å². The first-order chi connectivity index (χ1) is 21.2. The number of hydrogen-bond donors (Lipinski definition) is 2. The van der Waals surface area contributed by atoms with Crippen molar-refractivity contribution in [2.45, 2.75) is 44.8 Å². The molecular weight excluding hydrogens is 596 g/mol. The van der Waals surface area contributed by atoms with E-state index in [4.69, 9.17) is 4.74 Å².